The van der Waals surface area contributed by atoms with Crippen molar-refractivity contribution in [3.8, 4) is 0 Å². The molecule has 0 spiro atoms. The van der Waals surface area contributed by atoms with Crippen LogP contribution in [-0.2, 0) is 21.2 Å². The maximum absolute atomic E-state index is 11.6. The normalized spacial score (nSPS) is 12.7. The average molecular weight is 275 g/mol. The summed E-state index contributed by atoms with van der Waals surface area (Å²) in [7, 11) is -1.92. The molecule has 0 aliphatic heterocycles. The molecule has 0 amide bonds. The number of aromatic amines is 1. The number of H-pyrrole nitrogens is 1. The van der Waals surface area contributed by atoms with Crippen molar-refractivity contribution in [1.29, 1.82) is 0 Å². The molecule has 0 aliphatic rings. The Balaban J connectivity index is 2.64. The lowest BCUT2D eigenvalue weighted by atomic mass is 9.91. The summed E-state index contributed by atoms with van der Waals surface area (Å²) in [5.41, 5.74) is 1.03. The molecule has 1 rings (SSSR count). The fourth-order valence-electron chi connectivity index (χ4n) is 1.48. The smallest absolute Gasteiger partial charge is 0.236 e. The molecule has 1 aromatic heterocycles. The van der Waals surface area contributed by atoms with Crippen LogP contribution in [0, 0.1) is 5.41 Å². The lowest BCUT2D eigenvalue weighted by Crippen LogP contribution is -2.19. The molecule has 0 atom stereocenters. The first kappa shape index (κ1) is 15.0. The minimum Gasteiger partial charge on any atom is -0.384 e. The highest BCUT2D eigenvalue weighted by molar-refractivity contribution is 7.92. The lowest BCUT2D eigenvalue weighted by Gasteiger charge is -2.15. The van der Waals surface area contributed by atoms with Crippen LogP contribution in [-0.4, -0.2) is 38.1 Å². The molecular formula is C11H21N3O3S. The van der Waals surface area contributed by atoms with Crippen LogP contribution in [0.2, 0.25) is 0 Å². The zero-order chi connectivity index (χ0) is 13.8. The summed E-state index contributed by atoms with van der Waals surface area (Å²) in [5, 5.41) is 6.77. The van der Waals surface area contributed by atoms with Crippen LogP contribution in [0.3, 0.4) is 0 Å². The molecule has 0 bridgehead atoms. The van der Waals surface area contributed by atoms with Crippen molar-refractivity contribution in [2.45, 2.75) is 27.2 Å². The molecule has 0 unspecified atom stereocenters. The molecular weight excluding hydrogens is 254 g/mol. The minimum atomic E-state index is -3.38. The molecule has 0 aliphatic carbocycles. The van der Waals surface area contributed by atoms with Gasteiger partial charge in [-0.2, -0.15) is 5.10 Å². The fourth-order valence-corrected chi connectivity index (χ4v) is 2.39. The van der Waals surface area contributed by atoms with Gasteiger partial charge < -0.3 is 4.74 Å². The number of ether oxygens (including phenoxy) is 1. The summed E-state index contributed by atoms with van der Waals surface area (Å²) in [5.74, 6) is 0.246. The van der Waals surface area contributed by atoms with Crippen molar-refractivity contribution in [2.24, 2.45) is 5.41 Å². The highest BCUT2D eigenvalue weighted by atomic mass is 32.2. The topological polar surface area (TPSA) is 84.1 Å². The molecule has 1 heterocycles. The first-order valence-corrected chi connectivity index (χ1v) is 7.41. The third-order valence-electron chi connectivity index (χ3n) is 2.17. The van der Waals surface area contributed by atoms with Gasteiger partial charge in [-0.1, -0.05) is 20.8 Å². The third kappa shape index (κ3) is 5.50. The summed E-state index contributed by atoms with van der Waals surface area (Å²) in [6.07, 6.45) is 0.805. The van der Waals surface area contributed by atoms with Crippen LogP contribution < -0.4 is 4.72 Å². The second kappa shape index (κ2) is 5.71. The molecule has 1 aromatic rings. The van der Waals surface area contributed by atoms with Crippen molar-refractivity contribution in [3.05, 3.63) is 11.8 Å². The van der Waals surface area contributed by atoms with E-state index < -0.39 is 10.0 Å². The average Bonchev–Trinajstić information content (AvgIpc) is 2.59. The van der Waals surface area contributed by atoms with Crippen molar-refractivity contribution in [1.82, 2.24) is 10.2 Å². The SMILES string of the molecule is COCCS(=O)(=O)Nc1cc(CC(C)(C)C)[nH]n1. The Morgan fingerprint density at radius 3 is 2.67 bits per heavy atom. The van der Waals surface area contributed by atoms with E-state index in [1.54, 1.807) is 6.07 Å². The Hall–Kier alpha value is -1.08. The first-order valence-electron chi connectivity index (χ1n) is 5.75. The van der Waals surface area contributed by atoms with Gasteiger partial charge in [0.2, 0.25) is 10.0 Å². The molecule has 104 valence electrons. The largest absolute Gasteiger partial charge is 0.384 e. The van der Waals surface area contributed by atoms with Crippen LogP contribution in [0.15, 0.2) is 6.07 Å². The molecule has 18 heavy (non-hydrogen) atoms. The summed E-state index contributed by atoms with van der Waals surface area (Å²) in [6, 6.07) is 1.72. The number of nitrogens with zero attached hydrogens (tertiary/aromatic N) is 1. The van der Waals surface area contributed by atoms with Gasteiger partial charge in [-0.25, -0.2) is 8.42 Å². The monoisotopic (exact) mass is 275 g/mol. The Labute approximate surface area is 108 Å². The maximum atomic E-state index is 11.6. The van der Waals surface area contributed by atoms with Crippen LogP contribution in [0.4, 0.5) is 5.82 Å². The second-order valence-corrected chi connectivity index (χ2v) is 7.27. The lowest BCUT2D eigenvalue weighted by molar-refractivity contribution is 0.217. The van der Waals surface area contributed by atoms with Crippen LogP contribution in [0.25, 0.3) is 0 Å². The highest BCUT2D eigenvalue weighted by Crippen LogP contribution is 2.20. The number of sulfonamides is 1. The van der Waals surface area contributed by atoms with E-state index in [4.69, 9.17) is 4.74 Å². The van der Waals surface area contributed by atoms with E-state index in [1.807, 2.05) is 0 Å². The number of anilines is 1. The van der Waals surface area contributed by atoms with Gasteiger partial charge in [0, 0.05) is 18.9 Å². The minimum absolute atomic E-state index is 0.0784. The summed E-state index contributed by atoms with van der Waals surface area (Å²) in [4.78, 5) is 0. The van der Waals surface area contributed by atoms with Crippen molar-refractivity contribution in [2.75, 3.05) is 24.2 Å². The van der Waals surface area contributed by atoms with Gasteiger partial charge in [0.1, 0.15) is 0 Å². The number of nitrogens with one attached hydrogen (secondary N) is 2. The van der Waals surface area contributed by atoms with E-state index in [1.165, 1.54) is 7.11 Å². The maximum Gasteiger partial charge on any atom is 0.236 e. The van der Waals surface area contributed by atoms with Crippen LogP contribution in [0.1, 0.15) is 26.5 Å². The standard InChI is InChI=1S/C11H21N3O3S/c1-11(2,3)8-9-7-10(13-12-9)14-18(15,16)6-5-17-4/h7H,5-6,8H2,1-4H3,(H2,12,13,14). The zero-order valence-electron chi connectivity index (χ0n) is 11.3. The van der Waals surface area contributed by atoms with E-state index in [-0.39, 0.29) is 17.8 Å². The Bertz CT molecular complexity index is 474. The number of hydrogen-bond donors (Lipinski definition) is 2. The molecule has 0 saturated heterocycles. The molecule has 6 nitrogen and oxygen atoms in total. The van der Waals surface area contributed by atoms with Crippen molar-refractivity contribution >= 4 is 15.8 Å². The van der Waals surface area contributed by atoms with Gasteiger partial charge in [0.25, 0.3) is 0 Å². The van der Waals surface area contributed by atoms with Gasteiger partial charge in [-0.15, -0.1) is 0 Å². The number of hydrogen-bond acceptors (Lipinski definition) is 4. The van der Waals surface area contributed by atoms with Gasteiger partial charge in [0.15, 0.2) is 5.82 Å². The van der Waals surface area contributed by atoms with Gasteiger partial charge >= 0.3 is 0 Å². The predicted molar refractivity (Wildman–Crippen MR) is 71.0 cm³/mol. The molecule has 2 N–H and O–H groups in total. The Morgan fingerprint density at radius 2 is 2.11 bits per heavy atom. The Morgan fingerprint density at radius 1 is 1.44 bits per heavy atom. The first-order chi connectivity index (χ1) is 8.22. The van der Waals surface area contributed by atoms with Gasteiger partial charge in [0.05, 0.1) is 12.4 Å². The number of methoxy groups -OCH3 is 1. The molecule has 0 aromatic carbocycles. The number of rotatable bonds is 6. The van der Waals surface area contributed by atoms with Gasteiger partial charge in [-0.3, -0.25) is 9.82 Å². The van der Waals surface area contributed by atoms with E-state index in [9.17, 15) is 8.42 Å². The fraction of sp³-hybridized carbons (Fsp3) is 0.727. The second-order valence-electron chi connectivity index (χ2n) is 5.43. The number of aromatic nitrogens is 2. The quantitative estimate of drug-likeness (QED) is 0.821. The van der Waals surface area contributed by atoms with Gasteiger partial charge in [-0.05, 0) is 11.8 Å². The molecule has 0 radical (unpaired) electrons. The van der Waals surface area contributed by atoms with E-state index in [0.717, 1.165) is 12.1 Å². The van der Waals surface area contributed by atoms with Crippen molar-refractivity contribution in [3.63, 3.8) is 0 Å². The van der Waals surface area contributed by atoms with E-state index in [2.05, 4.69) is 35.7 Å². The Kier molecular flexibility index (Phi) is 4.75. The summed E-state index contributed by atoms with van der Waals surface area (Å²) >= 11 is 0. The molecule has 0 saturated carbocycles. The van der Waals surface area contributed by atoms with E-state index >= 15 is 0 Å². The van der Waals surface area contributed by atoms with Crippen LogP contribution in [0.5, 0.6) is 0 Å². The summed E-state index contributed by atoms with van der Waals surface area (Å²) in [6.45, 7) is 6.48. The third-order valence-corrected chi connectivity index (χ3v) is 3.39. The molecule has 0 fully saturated rings. The van der Waals surface area contributed by atoms with Crippen LogP contribution >= 0.6 is 0 Å². The van der Waals surface area contributed by atoms with Crippen molar-refractivity contribution < 1.29 is 13.2 Å². The zero-order valence-corrected chi connectivity index (χ0v) is 12.1. The van der Waals surface area contributed by atoms with E-state index in [0.29, 0.717) is 5.82 Å². The highest BCUT2D eigenvalue weighted by Gasteiger charge is 2.15. The predicted octanol–water partition coefficient (Wildman–Crippen LogP) is 1.39. The summed E-state index contributed by atoms with van der Waals surface area (Å²) < 4.78 is 30.4. The molecule has 7 heteroatoms.